The van der Waals surface area contributed by atoms with Gasteiger partial charge in [0.25, 0.3) is 5.91 Å². The lowest BCUT2D eigenvalue weighted by Crippen LogP contribution is -2.21. The van der Waals surface area contributed by atoms with Gasteiger partial charge in [-0.05, 0) is 32.2 Å². The molecule has 0 aliphatic heterocycles. The monoisotopic (exact) mass is 314 g/mol. The van der Waals surface area contributed by atoms with Gasteiger partial charge in [0.15, 0.2) is 18.1 Å². The number of carbonyl (C=O) groups is 1. The lowest BCUT2D eigenvalue weighted by atomic mass is 10.2. The molecule has 0 aliphatic carbocycles. The van der Waals surface area contributed by atoms with Crippen LogP contribution in [0, 0.1) is 6.92 Å². The van der Waals surface area contributed by atoms with Crippen LogP contribution in [0.2, 0.25) is 0 Å². The first-order valence-electron chi connectivity index (χ1n) is 7.44. The highest BCUT2D eigenvalue weighted by Gasteiger charge is 2.12. The molecule has 0 radical (unpaired) electrons. The second-order valence-electron chi connectivity index (χ2n) is 5.18. The molecule has 5 heteroatoms. The Bertz CT molecular complexity index is 654. The Morgan fingerprint density at radius 2 is 1.87 bits per heavy atom. The predicted molar refractivity (Wildman–Crippen MR) is 91.1 cm³/mol. The predicted octanol–water partition coefficient (Wildman–Crippen LogP) is 2.74. The molecule has 0 saturated heterocycles. The summed E-state index contributed by atoms with van der Waals surface area (Å²) in [4.78, 5) is 12.0. The number of hydrogen-bond acceptors (Lipinski definition) is 4. The normalized spacial score (nSPS) is 10.2. The SMILES string of the molecule is CNCc1cccc(OC)c1OCC(=O)Nc1ccc(C)cc1. The largest absolute Gasteiger partial charge is 0.493 e. The van der Waals surface area contributed by atoms with Gasteiger partial charge in [0.1, 0.15) is 0 Å². The molecular weight excluding hydrogens is 292 g/mol. The van der Waals surface area contributed by atoms with E-state index in [1.807, 2.05) is 56.4 Å². The van der Waals surface area contributed by atoms with Crippen molar-refractivity contribution < 1.29 is 14.3 Å². The first-order chi connectivity index (χ1) is 11.1. The van der Waals surface area contributed by atoms with Gasteiger partial charge >= 0.3 is 0 Å². The van der Waals surface area contributed by atoms with E-state index in [0.717, 1.165) is 16.8 Å². The van der Waals surface area contributed by atoms with E-state index in [1.54, 1.807) is 7.11 Å². The van der Waals surface area contributed by atoms with Crippen LogP contribution >= 0.6 is 0 Å². The Morgan fingerprint density at radius 1 is 1.13 bits per heavy atom. The summed E-state index contributed by atoms with van der Waals surface area (Å²) >= 11 is 0. The molecule has 0 fully saturated rings. The summed E-state index contributed by atoms with van der Waals surface area (Å²) in [5, 5.41) is 5.88. The minimum atomic E-state index is -0.213. The molecule has 0 spiro atoms. The second-order valence-corrected chi connectivity index (χ2v) is 5.18. The van der Waals surface area contributed by atoms with Gasteiger partial charge in [0, 0.05) is 17.8 Å². The number of carbonyl (C=O) groups excluding carboxylic acids is 1. The van der Waals surface area contributed by atoms with E-state index in [1.165, 1.54) is 0 Å². The third-order valence-corrected chi connectivity index (χ3v) is 3.33. The fraction of sp³-hybridized carbons (Fsp3) is 0.278. The highest BCUT2D eigenvalue weighted by molar-refractivity contribution is 5.91. The molecule has 2 aromatic rings. The van der Waals surface area contributed by atoms with Gasteiger partial charge in [-0.25, -0.2) is 0 Å². The van der Waals surface area contributed by atoms with Gasteiger partial charge in [0.05, 0.1) is 7.11 Å². The lowest BCUT2D eigenvalue weighted by Gasteiger charge is -2.15. The van der Waals surface area contributed by atoms with E-state index >= 15 is 0 Å². The van der Waals surface area contributed by atoms with E-state index in [4.69, 9.17) is 9.47 Å². The molecule has 122 valence electrons. The molecule has 0 bridgehead atoms. The van der Waals surface area contributed by atoms with E-state index in [2.05, 4.69) is 10.6 Å². The van der Waals surface area contributed by atoms with Crippen molar-refractivity contribution in [2.75, 3.05) is 26.1 Å². The molecular formula is C18H22N2O3. The fourth-order valence-electron chi connectivity index (χ4n) is 2.19. The van der Waals surface area contributed by atoms with Crippen molar-refractivity contribution >= 4 is 11.6 Å². The summed E-state index contributed by atoms with van der Waals surface area (Å²) in [6, 6.07) is 13.3. The topological polar surface area (TPSA) is 59.6 Å². The van der Waals surface area contributed by atoms with Crippen molar-refractivity contribution in [1.29, 1.82) is 0 Å². The molecule has 23 heavy (non-hydrogen) atoms. The number of para-hydroxylation sites is 1. The van der Waals surface area contributed by atoms with Gasteiger partial charge in [0.2, 0.25) is 0 Å². The Hall–Kier alpha value is -2.53. The number of nitrogens with one attached hydrogen (secondary N) is 2. The highest BCUT2D eigenvalue weighted by Crippen LogP contribution is 2.31. The Balaban J connectivity index is 2.02. The minimum absolute atomic E-state index is 0.0784. The standard InChI is InChI=1S/C18H22N2O3/c1-13-7-9-15(10-8-13)20-17(21)12-23-18-14(11-19-2)5-4-6-16(18)22-3/h4-10,19H,11-12H2,1-3H3,(H,20,21). The molecule has 5 nitrogen and oxygen atoms in total. The number of methoxy groups -OCH3 is 1. The number of ether oxygens (including phenoxy) is 2. The Morgan fingerprint density at radius 3 is 2.52 bits per heavy atom. The van der Waals surface area contributed by atoms with Crippen LogP contribution in [-0.4, -0.2) is 26.7 Å². The first kappa shape index (κ1) is 16.8. The van der Waals surface area contributed by atoms with Crippen molar-refractivity contribution in [2.24, 2.45) is 0 Å². The maximum atomic E-state index is 12.0. The summed E-state index contributed by atoms with van der Waals surface area (Å²) < 4.78 is 11.0. The van der Waals surface area contributed by atoms with E-state index < -0.39 is 0 Å². The van der Waals surface area contributed by atoms with Crippen LogP contribution in [0.3, 0.4) is 0 Å². The van der Waals surface area contributed by atoms with E-state index in [9.17, 15) is 4.79 Å². The summed E-state index contributed by atoms with van der Waals surface area (Å²) in [6.45, 7) is 2.55. The number of aryl methyl sites for hydroxylation is 1. The van der Waals surface area contributed by atoms with E-state index in [-0.39, 0.29) is 12.5 Å². The van der Waals surface area contributed by atoms with Crippen LogP contribution in [0.15, 0.2) is 42.5 Å². The van der Waals surface area contributed by atoms with Gasteiger partial charge in [-0.1, -0.05) is 29.8 Å². The van der Waals surface area contributed by atoms with E-state index in [0.29, 0.717) is 18.0 Å². The molecule has 2 N–H and O–H groups in total. The number of anilines is 1. The third-order valence-electron chi connectivity index (χ3n) is 3.33. The second kappa shape index (κ2) is 8.19. The van der Waals surface area contributed by atoms with Crippen LogP contribution in [0.5, 0.6) is 11.5 Å². The molecule has 2 aromatic carbocycles. The summed E-state index contributed by atoms with van der Waals surface area (Å²) in [5.74, 6) is 0.986. The number of rotatable bonds is 7. The maximum absolute atomic E-state index is 12.0. The average Bonchev–Trinajstić information content (AvgIpc) is 2.56. The zero-order valence-corrected chi connectivity index (χ0v) is 13.7. The van der Waals surface area contributed by atoms with Gasteiger partial charge in [-0.3, -0.25) is 4.79 Å². The van der Waals surface area contributed by atoms with Crippen LogP contribution in [-0.2, 0) is 11.3 Å². The Kier molecular flexibility index (Phi) is 6.00. The van der Waals surface area contributed by atoms with Gasteiger partial charge in [-0.2, -0.15) is 0 Å². The number of hydrogen-bond donors (Lipinski definition) is 2. The zero-order chi connectivity index (χ0) is 16.7. The van der Waals surface area contributed by atoms with Crippen molar-refractivity contribution in [3.63, 3.8) is 0 Å². The molecule has 2 rings (SSSR count). The summed E-state index contributed by atoms with van der Waals surface area (Å²) in [7, 11) is 3.44. The van der Waals surface area contributed by atoms with Crippen molar-refractivity contribution in [1.82, 2.24) is 5.32 Å². The maximum Gasteiger partial charge on any atom is 0.262 e. The Labute approximate surface area is 136 Å². The van der Waals surface area contributed by atoms with Crippen LogP contribution in [0.4, 0.5) is 5.69 Å². The van der Waals surface area contributed by atoms with Gasteiger partial charge in [-0.15, -0.1) is 0 Å². The molecule has 0 saturated carbocycles. The molecule has 0 atom stereocenters. The zero-order valence-electron chi connectivity index (χ0n) is 13.7. The fourth-order valence-corrected chi connectivity index (χ4v) is 2.19. The number of amides is 1. The van der Waals surface area contributed by atoms with Crippen LogP contribution in [0.25, 0.3) is 0 Å². The average molecular weight is 314 g/mol. The quantitative estimate of drug-likeness (QED) is 0.825. The molecule has 0 heterocycles. The summed E-state index contributed by atoms with van der Waals surface area (Å²) in [5.41, 5.74) is 2.83. The van der Waals surface area contributed by atoms with Crippen molar-refractivity contribution in [3.05, 3.63) is 53.6 Å². The van der Waals surface area contributed by atoms with Crippen LogP contribution < -0.4 is 20.1 Å². The molecule has 1 amide bonds. The molecule has 0 aliphatic rings. The van der Waals surface area contributed by atoms with Crippen LogP contribution in [0.1, 0.15) is 11.1 Å². The summed E-state index contributed by atoms with van der Waals surface area (Å²) in [6.07, 6.45) is 0. The van der Waals surface area contributed by atoms with Gasteiger partial charge < -0.3 is 20.1 Å². The van der Waals surface area contributed by atoms with Crippen molar-refractivity contribution in [3.8, 4) is 11.5 Å². The highest BCUT2D eigenvalue weighted by atomic mass is 16.5. The smallest absolute Gasteiger partial charge is 0.262 e. The molecule has 0 aromatic heterocycles. The third kappa shape index (κ3) is 4.72. The minimum Gasteiger partial charge on any atom is -0.493 e. The first-order valence-corrected chi connectivity index (χ1v) is 7.44. The van der Waals surface area contributed by atoms with Crippen molar-refractivity contribution in [2.45, 2.75) is 13.5 Å². The molecule has 0 unspecified atom stereocenters. The lowest BCUT2D eigenvalue weighted by molar-refractivity contribution is -0.118. The number of benzene rings is 2.